The van der Waals surface area contributed by atoms with Crippen molar-refractivity contribution in [2.75, 3.05) is 0 Å². The molecule has 0 aliphatic rings. The van der Waals surface area contributed by atoms with Crippen LogP contribution in [0.5, 0.6) is 11.5 Å². The molecule has 2 rings (SSSR count). The highest BCUT2D eigenvalue weighted by atomic mass is 32.3. The van der Waals surface area contributed by atoms with Crippen molar-refractivity contribution in [3.63, 3.8) is 0 Å². The Balaban J connectivity index is 0.000000396. The lowest BCUT2D eigenvalue weighted by Crippen LogP contribution is -2.10. The molecule has 0 aliphatic carbocycles. The fourth-order valence-corrected chi connectivity index (χ4v) is 3.49. The Morgan fingerprint density at radius 2 is 0.966 bits per heavy atom. The van der Waals surface area contributed by atoms with Gasteiger partial charge in [0.05, 0.1) is 0 Å². The van der Waals surface area contributed by atoms with Crippen LogP contribution in [0.1, 0.15) is 37.8 Å². The lowest BCUT2D eigenvalue weighted by atomic mass is 9.91. The number of hydrogen-bond acceptors (Lipinski definition) is 7. The number of aromatic hydroxyl groups is 2. The molecule has 0 fully saturated rings. The molecule has 160 valence electrons. The molecule has 0 spiro atoms. The SMILES string of the molecule is CCC(=C(CC)c1ccc(O)cc1)c1ccc(O)cc1.O=S(=O)(O)OS(=O)(=O)O. The summed E-state index contributed by atoms with van der Waals surface area (Å²) in [5.74, 6) is 0.568. The second-order valence-electron chi connectivity index (χ2n) is 5.68. The average molecular weight is 446 g/mol. The summed E-state index contributed by atoms with van der Waals surface area (Å²) in [6, 6.07) is 14.7. The van der Waals surface area contributed by atoms with Gasteiger partial charge in [0.25, 0.3) is 0 Å². The van der Waals surface area contributed by atoms with Crippen molar-refractivity contribution in [3.8, 4) is 11.5 Å². The summed E-state index contributed by atoms with van der Waals surface area (Å²) in [7, 11) is -10.2. The molecule has 29 heavy (non-hydrogen) atoms. The first-order valence-electron chi connectivity index (χ1n) is 8.33. The number of rotatable bonds is 6. The predicted molar refractivity (Wildman–Crippen MR) is 108 cm³/mol. The van der Waals surface area contributed by atoms with Crippen LogP contribution in [0.25, 0.3) is 11.1 Å². The summed E-state index contributed by atoms with van der Waals surface area (Å²) in [6.45, 7) is 4.27. The summed E-state index contributed by atoms with van der Waals surface area (Å²) in [5, 5.41) is 18.8. The van der Waals surface area contributed by atoms with E-state index in [2.05, 4.69) is 17.5 Å². The Hall–Kier alpha value is -2.44. The van der Waals surface area contributed by atoms with Gasteiger partial charge in [0, 0.05) is 0 Å². The van der Waals surface area contributed by atoms with Crippen LogP contribution in [0.3, 0.4) is 0 Å². The van der Waals surface area contributed by atoms with Crippen molar-refractivity contribution in [2.45, 2.75) is 26.7 Å². The number of hydrogen-bond donors (Lipinski definition) is 4. The van der Waals surface area contributed by atoms with Gasteiger partial charge in [0.2, 0.25) is 0 Å². The maximum atomic E-state index is 9.44. The Bertz CT molecular complexity index is 952. The van der Waals surface area contributed by atoms with Crippen molar-refractivity contribution < 1.29 is 39.8 Å². The van der Waals surface area contributed by atoms with Gasteiger partial charge in [-0.2, -0.15) is 16.8 Å². The van der Waals surface area contributed by atoms with Crippen LogP contribution in [-0.2, 0) is 24.4 Å². The van der Waals surface area contributed by atoms with Crippen molar-refractivity contribution in [2.24, 2.45) is 0 Å². The molecule has 0 heterocycles. The second-order valence-corrected chi connectivity index (χ2v) is 7.94. The summed E-state index contributed by atoms with van der Waals surface area (Å²) in [4.78, 5) is 0. The zero-order valence-electron chi connectivity index (χ0n) is 15.7. The highest BCUT2D eigenvalue weighted by molar-refractivity contribution is 7.94. The second kappa shape index (κ2) is 10.4. The van der Waals surface area contributed by atoms with E-state index >= 15 is 0 Å². The lowest BCUT2D eigenvalue weighted by molar-refractivity contribution is 0.344. The van der Waals surface area contributed by atoms with Crippen LogP contribution >= 0.6 is 0 Å². The van der Waals surface area contributed by atoms with Gasteiger partial charge >= 0.3 is 20.8 Å². The third kappa shape index (κ3) is 9.07. The molecule has 9 nitrogen and oxygen atoms in total. The van der Waals surface area contributed by atoms with Gasteiger partial charge in [-0.1, -0.05) is 38.1 Å². The van der Waals surface area contributed by atoms with E-state index in [0.29, 0.717) is 0 Å². The van der Waals surface area contributed by atoms with Crippen LogP contribution in [0.2, 0.25) is 0 Å². The maximum absolute atomic E-state index is 9.44. The van der Waals surface area contributed by atoms with Crippen LogP contribution < -0.4 is 0 Å². The molecule has 2 aromatic carbocycles. The molecule has 0 saturated carbocycles. The first-order valence-corrected chi connectivity index (χ1v) is 11.1. The van der Waals surface area contributed by atoms with E-state index in [1.54, 1.807) is 24.3 Å². The van der Waals surface area contributed by atoms with Gasteiger partial charge in [0.1, 0.15) is 11.5 Å². The highest BCUT2D eigenvalue weighted by Gasteiger charge is 2.15. The van der Waals surface area contributed by atoms with Crippen molar-refractivity contribution in [3.05, 3.63) is 59.7 Å². The molecule has 2 aromatic rings. The Labute approximate surface area is 169 Å². The summed E-state index contributed by atoms with van der Waals surface area (Å²) in [5.41, 5.74) is 4.82. The minimum absolute atomic E-state index is 0.284. The van der Waals surface area contributed by atoms with E-state index in [4.69, 9.17) is 9.11 Å². The van der Waals surface area contributed by atoms with Gasteiger partial charge in [-0.3, -0.25) is 9.11 Å². The molecule has 0 amide bonds. The van der Waals surface area contributed by atoms with Crippen LogP contribution in [-0.4, -0.2) is 36.2 Å². The van der Waals surface area contributed by atoms with Gasteiger partial charge in [0.15, 0.2) is 0 Å². The first kappa shape index (κ1) is 24.6. The molecule has 0 bridgehead atoms. The van der Waals surface area contributed by atoms with Crippen LogP contribution in [0.15, 0.2) is 48.5 Å². The predicted octanol–water partition coefficient (Wildman–Crippen LogP) is 3.44. The van der Waals surface area contributed by atoms with E-state index in [-0.39, 0.29) is 11.5 Å². The van der Waals surface area contributed by atoms with Crippen LogP contribution in [0.4, 0.5) is 0 Å². The minimum atomic E-state index is -5.12. The van der Waals surface area contributed by atoms with Crippen molar-refractivity contribution in [1.82, 2.24) is 0 Å². The van der Waals surface area contributed by atoms with E-state index in [1.165, 1.54) is 11.1 Å². The standard InChI is InChI=1S/C18H20O2.H2O7S2/c1-3-17(13-5-9-15(19)10-6-13)18(4-2)14-7-11-16(20)12-8-14;1-8(2,3)7-9(4,5)6/h5-12,19-20H,3-4H2,1-2H3;(H,1,2,3)(H,4,5,6). The minimum Gasteiger partial charge on any atom is -0.508 e. The number of phenolic OH excluding ortho intramolecular Hbond substituents is 2. The Morgan fingerprint density at radius 1 is 0.690 bits per heavy atom. The van der Waals surface area contributed by atoms with Gasteiger partial charge in [-0.15, -0.1) is 3.63 Å². The molecule has 4 N–H and O–H groups in total. The van der Waals surface area contributed by atoms with Gasteiger partial charge in [-0.25, -0.2) is 0 Å². The summed E-state index contributed by atoms with van der Waals surface area (Å²) in [6.07, 6.45) is 1.85. The molecule has 0 unspecified atom stereocenters. The fraction of sp³-hybridized carbons (Fsp3) is 0.222. The Kier molecular flexibility index (Phi) is 8.80. The number of phenols is 2. The molecule has 11 heteroatoms. The van der Waals surface area contributed by atoms with Crippen molar-refractivity contribution >= 4 is 31.9 Å². The molecule has 0 aliphatic heterocycles. The smallest absolute Gasteiger partial charge is 0.413 e. The van der Waals surface area contributed by atoms with Crippen LogP contribution in [0, 0.1) is 0 Å². The zero-order chi connectivity index (χ0) is 22.2. The van der Waals surface area contributed by atoms with E-state index in [0.717, 1.165) is 24.0 Å². The summed E-state index contributed by atoms with van der Waals surface area (Å²) < 4.78 is 55.6. The topological polar surface area (TPSA) is 158 Å². The third-order valence-electron chi connectivity index (χ3n) is 3.67. The normalized spacial score (nSPS) is 12.6. The van der Waals surface area contributed by atoms with E-state index in [1.807, 2.05) is 24.3 Å². The molecular weight excluding hydrogens is 424 g/mol. The molecule has 0 aromatic heterocycles. The van der Waals surface area contributed by atoms with E-state index in [9.17, 15) is 27.0 Å². The van der Waals surface area contributed by atoms with E-state index < -0.39 is 20.8 Å². The number of benzene rings is 2. The summed E-state index contributed by atoms with van der Waals surface area (Å²) >= 11 is 0. The maximum Gasteiger partial charge on any atom is 0.413 e. The molecule has 0 radical (unpaired) electrons. The highest BCUT2D eigenvalue weighted by Crippen LogP contribution is 2.32. The largest absolute Gasteiger partial charge is 0.508 e. The monoisotopic (exact) mass is 446 g/mol. The molecule has 0 atom stereocenters. The zero-order valence-corrected chi connectivity index (χ0v) is 17.3. The quantitative estimate of drug-likeness (QED) is 0.385. The number of allylic oxidation sites excluding steroid dienone is 2. The average Bonchev–Trinajstić information content (AvgIpc) is 2.59. The lowest BCUT2D eigenvalue weighted by Gasteiger charge is -2.14. The Morgan fingerprint density at radius 3 is 1.14 bits per heavy atom. The third-order valence-corrected chi connectivity index (χ3v) is 5.05. The fourth-order valence-electron chi connectivity index (χ4n) is 2.62. The van der Waals surface area contributed by atoms with Gasteiger partial charge < -0.3 is 10.2 Å². The molecular formula is C18H22O9S2. The first-order chi connectivity index (χ1) is 13.4. The molecule has 0 saturated heterocycles. The van der Waals surface area contributed by atoms with Gasteiger partial charge in [-0.05, 0) is 59.4 Å². The van der Waals surface area contributed by atoms with Crippen molar-refractivity contribution in [1.29, 1.82) is 0 Å².